The summed E-state index contributed by atoms with van der Waals surface area (Å²) in [4.78, 5) is 0. The van der Waals surface area contributed by atoms with E-state index in [1.807, 2.05) is 13.1 Å². The Labute approximate surface area is 95.4 Å². The summed E-state index contributed by atoms with van der Waals surface area (Å²) in [6.45, 7) is 0. The van der Waals surface area contributed by atoms with Crippen LogP contribution in [0.5, 0.6) is 0 Å². The molecule has 1 heterocycles. The van der Waals surface area contributed by atoms with E-state index >= 15 is 0 Å². The molecule has 0 aromatic carbocycles. The van der Waals surface area contributed by atoms with Gasteiger partial charge >= 0.3 is 5.51 Å². The van der Waals surface area contributed by atoms with Crippen LogP contribution in [0.15, 0.2) is 18.2 Å². The molecule has 0 aliphatic carbocycles. The Balaban J connectivity index is 0.000000304. The fourth-order valence-electron chi connectivity index (χ4n) is 0.618. The number of anilines is 2. The maximum Gasteiger partial charge on any atom is 0.485 e. The lowest BCUT2D eigenvalue weighted by Gasteiger charge is -2.08. The molecule has 0 spiro atoms. The van der Waals surface area contributed by atoms with Crippen LogP contribution in [-0.2, 0) is 17.2 Å². The predicted molar refractivity (Wildman–Crippen MR) is 52.2 cm³/mol. The highest BCUT2D eigenvalue weighted by Crippen LogP contribution is 2.20. The van der Waals surface area contributed by atoms with Crippen molar-refractivity contribution in [2.75, 3.05) is 11.5 Å². The molecule has 0 fully saturated rings. The second-order valence-corrected chi connectivity index (χ2v) is 4.21. The molecular formula is C7H10F3N3O3S. The average Bonchev–Trinajstić information content (AvgIpc) is 2.12. The van der Waals surface area contributed by atoms with Gasteiger partial charge in [-0.15, -0.1) is 0 Å². The van der Waals surface area contributed by atoms with Crippen LogP contribution in [-0.4, -0.2) is 18.5 Å². The number of rotatable bonds is 0. The number of alkyl halides is 3. The third-order valence-electron chi connectivity index (χ3n) is 1.59. The van der Waals surface area contributed by atoms with Crippen LogP contribution >= 0.6 is 0 Å². The van der Waals surface area contributed by atoms with Crippen molar-refractivity contribution in [2.24, 2.45) is 7.05 Å². The van der Waals surface area contributed by atoms with E-state index in [0.29, 0.717) is 11.6 Å². The Kier molecular flexibility index (Phi) is 4.71. The van der Waals surface area contributed by atoms with E-state index in [1.54, 1.807) is 16.7 Å². The van der Waals surface area contributed by atoms with Gasteiger partial charge in [-0.25, -0.2) is 13.0 Å². The molecular weight excluding hydrogens is 263 g/mol. The molecule has 0 bridgehead atoms. The fourth-order valence-corrected chi connectivity index (χ4v) is 0.618. The molecule has 1 aromatic rings. The summed E-state index contributed by atoms with van der Waals surface area (Å²) in [5.41, 5.74) is 5.36. The van der Waals surface area contributed by atoms with Crippen molar-refractivity contribution < 1.29 is 30.7 Å². The summed E-state index contributed by atoms with van der Waals surface area (Å²) >= 11 is 0. The van der Waals surface area contributed by atoms with Crippen molar-refractivity contribution in [1.29, 1.82) is 0 Å². The van der Waals surface area contributed by atoms with Gasteiger partial charge < -0.3 is 16.0 Å². The molecule has 0 aliphatic rings. The van der Waals surface area contributed by atoms with E-state index in [-0.39, 0.29) is 0 Å². The topological polar surface area (TPSA) is 113 Å². The quantitative estimate of drug-likeness (QED) is 0.383. The monoisotopic (exact) mass is 273 g/mol. The summed E-state index contributed by atoms with van der Waals surface area (Å²) in [6.07, 6.45) is 0. The van der Waals surface area contributed by atoms with Crippen LogP contribution in [0.3, 0.4) is 0 Å². The minimum atomic E-state index is -6.09. The minimum absolute atomic E-state index is 0.676. The lowest BCUT2D eigenvalue weighted by Crippen LogP contribution is -2.35. The molecule has 0 unspecified atom stereocenters. The van der Waals surface area contributed by atoms with Gasteiger partial charge in [-0.3, -0.25) is 0 Å². The van der Waals surface area contributed by atoms with Gasteiger partial charge in [-0.1, -0.05) is 0 Å². The van der Waals surface area contributed by atoms with E-state index in [1.165, 1.54) is 0 Å². The van der Waals surface area contributed by atoms with Crippen LogP contribution in [0.2, 0.25) is 0 Å². The van der Waals surface area contributed by atoms with Gasteiger partial charge in [0, 0.05) is 12.1 Å². The smallest absolute Gasteiger partial charge is 0.485 e. The van der Waals surface area contributed by atoms with E-state index in [2.05, 4.69) is 0 Å². The number of hydrogen-bond acceptors (Lipinski definition) is 5. The Morgan fingerprint density at radius 2 is 1.53 bits per heavy atom. The Bertz CT molecular complexity index is 467. The van der Waals surface area contributed by atoms with Gasteiger partial charge in [0.05, 0.1) is 7.05 Å². The molecule has 6 nitrogen and oxygen atoms in total. The molecule has 0 amide bonds. The summed E-state index contributed by atoms with van der Waals surface area (Å²) in [6, 6.07) is 5.43. The SMILES string of the molecule is C[n+]1c(N)cccc1N.O=S(=O)([O-])C(F)(F)F. The second kappa shape index (κ2) is 5.19. The lowest BCUT2D eigenvalue weighted by atomic mass is 10.4. The van der Waals surface area contributed by atoms with Crippen LogP contribution in [0, 0.1) is 0 Å². The highest BCUT2D eigenvalue weighted by Gasteiger charge is 2.36. The number of nitrogens with zero attached hydrogens (tertiary/aromatic N) is 1. The zero-order valence-electron chi connectivity index (χ0n) is 8.60. The van der Waals surface area contributed by atoms with Crippen LogP contribution < -0.4 is 16.0 Å². The van der Waals surface area contributed by atoms with Crippen molar-refractivity contribution in [3.05, 3.63) is 18.2 Å². The molecule has 0 atom stereocenters. The van der Waals surface area contributed by atoms with Crippen LogP contribution in [0.25, 0.3) is 0 Å². The van der Waals surface area contributed by atoms with Gasteiger partial charge in [0.1, 0.15) is 0 Å². The lowest BCUT2D eigenvalue weighted by molar-refractivity contribution is -0.642. The number of pyridine rings is 1. The standard InChI is InChI=1S/C6H9N3.CHF3O3S/c1-9-5(7)3-2-4-6(9)8;2-1(3,4)8(5,6)7/h2-4H,1H3,(H3,7,8);(H,5,6,7). The zero-order chi connectivity index (χ0) is 13.9. The Morgan fingerprint density at radius 1 is 1.24 bits per heavy atom. The van der Waals surface area contributed by atoms with E-state index in [4.69, 9.17) is 24.4 Å². The van der Waals surface area contributed by atoms with Crippen molar-refractivity contribution in [1.82, 2.24) is 0 Å². The molecule has 10 heteroatoms. The molecule has 98 valence electrons. The fraction of sp³-hybridized carbons (Fsp3) is 0.286. The van der Waals surface area contributed by atoms with Crippen molar-refractivity contribution in [2.45, 2.75) is 5.51 Å². The number of hydrogen-bond donors (Lipinski definition) is 2. The average molecular weight is 273 g/mol. The van der Waals surface area contributed by atoms with Gasteiger partial charge in [0.15, 0.2) is 10.1 Å². The van der Waals surface area contributed by atoms with Gasteiger partial charge in [-0.2, -0.15) is 13.2 Å². The molecule has 0 aliphatic heterocycles. The predicted octanol–water partition coefficient (Wildman–Crippen LogP) is -0.273. The van der Waals surface area contributed by atoms with Gasteiger partial charge in [0.2, 0.25) is 11.6 Å². The highest BCUT2D eigenvalue weighted by molar-refractivity contribution is 7.86. The molecule has 4 N–H and O–H groups in total. The maximum absolute atomic E-state index is 10.7. The summed E-state index contributed by atoms with van der Waals surface area (Å²) in [7, 11) is -4.27. The number of nitrogen functional groups attached to an aromatic ring is 2. The van der Waals surface area contributed by atoms with E-state index in [9.17, 15) is 13.2 Å². The minimum Gasteiger partial charge on any atom is -0.741 e. The molecule has 17 heavy (non-hydrogen) atoms. The normalized spacial score (nSPS) is 11.6. The van der Waals surface area contributed by atoms with Crippen molar-refractivity contribution in [3.63, 3.8) is 0 Å². The van der Waals surface area contributed by atoms with Crippen LogP contribution in [0.4, 0.5) is 24.8 Å². The molecule has 1 aromatic heterocycles. The first-order chi connectivity index (χ1) is 7.47. The summed E-state index contributed by atoms with van der Waals surface area (Å²) < 4.78 is 60.6. The first kappa shape index (κ1) is 15.4. The summed E-state index contributed by atoms with van der Waals surface area (Å²) in [5.74, 6) is 1.35. The molecule has 0 saturated carbocycles. The first-order valence-corrected chi connectivity index (χ1v) is 5.40. The largest absolute Gasteiger partial charge is 0.741 e. The van der Waals surface area contributed by atoms with Crippen LogP contribution in [0.1, 0.15) is 0 Å². The molecule has 0 saturated heterocycles. The van der Waals surface area contributed by atoms with Crippen molar-refractivity contribution >= 4 is 21.8 Å². The Hall–Kier alpha value is -1.55. The van der Waals surface area contributed by atoms with Gasteiger partial charge in [0.25, 0.3) is 0 Å². The number of aromatic nitrogens is 1. The van der Waals surface area contributed by atoms with E-state index in [0.717, 1.165) is 0 Å². The number of nitrogens with two attached hydrogens (primary N) is 2. The third kappa shape index (κ3) is 4.87. The third-order valence-corrected chi connectivity index (χ3v) is 2.16. The second-order valence-electron chi connectivity index (χ2n) is 2.83. The summed E-state index contributed by atoms with van der Waals surface area (Å²) in [5, 5.41) is 0. The number of halogens is 3. The van der Waals surface area contributed by atoms with Crippen molar-refractivity contribution in [3.8, 4) is 0 Å². The maximum atomic E-state index is 10.7. The highest BCUT2D eigenvalue weighted by atomic mass is 32.2. The Morgan fingerprint density at radius 3 is 1.71 bits per heavy atom. The molecule has 1 rings (SSSR count). The zero-order valence-corrected chi connectivity index (χ0v) is 9.42. The van der Waals surface area contributed by atoms with E-state index < -0.39 is 15.6 Å². The molecule has 0 radical (unpaired) electrons. The van der Waals surface area contributed by atoms with Gasteiger partial charge in [-0.05, 0) is 6.07 Å². The first-order valence-electron chi connectivity index (χ1n) is 3.99.